The van der Waals surface area contributed by atoms with Gasteiger partial charge in [-0.3, -0.25) is 4.98 Å². The predicted octanol–water partition coefficient (Wildman–Crippen LogP) is 1.66. The van der Waals surface area contributed by atoms with Crippen molar-refractivity contribution in [3.63, 3.8) is 0 Å². The Kier molecular flexibility index (Phi) is 2.87. The monoisotopic (exact) mass is 156 g/mol. The van der Waals surface area contributed by atoms with E-state index in [1.165, 1.54) is 0 Å². The molecule has 2 nitrogen and oxygen atoms in total. The number of pyridine rings is 1. The van der Waals surface area contributed by atoms with Crippen LogP contribution in [0.1, 0.15) is 17.5 Å². The normalized spacial score (nSPS) is 8.00. The van der Waals surface area contributed by atoms with E-state index in [4.69, 9.17) is 5.26 Å². The largest absolute Gasteiger partial charge is 0.264 e. The highest BCUT2D eigenvalue weighted by molar-refractivity contribution is 5.38. The zero-order valence-corrected chi connectivity index (χ0v) is 6.83. The summed E-state index contributed by atoms with van der Waals surface area (Å²) in [6.45, 7) is 1.95. The van der Waals surface area contributed by atoms with Crippen LogP contribution in [-0.2, 0) is 0 Å². The van der Waals surface area contributed by atoms with Gasteiger partial charge in [0.2, 0.25) is 0 Å². The van der Waals surface area contributed by atoms with E-state index >= 15 is 0 Å². The maximum absolute atomic E-state index is 8.25. The van der Waals surface area contributed by atoms with Crippen LogP contribution in [0, 0.1) is 30.1 Å². The molecule has 0 N–H and O–H groups in total. The van der Waals surface area contributed by atoms with Crippen LogP contribution in [-0.4, -0.2) is 4.98 Å². The molecule has 1 aromatic heterocycles. The first kappa shape index (κ1) is 8.30. The number of rotatable bonds is 0. The van der Waals surface area contributed by atoms with Crippen LogP contribution < -0.4 is 0 Å². The van der Waals surface area contributed by atoms with Crippen molar-refractivity contribution >= 4 is 0 Å². The number of nitrogens with zero attached hydrogens (tertiary/aromatic N) is 2. The standard InChI is InChI=1S/C10H8N2/c1-9-8-12-7-5-10(9)4-2-3-6-11/h5,7-8H,3H2,1H3. The van der Waals surface area contributed by atoms with E-state index in [1.54, 1.807) is 12.4 Å². The molecule has 58 valence electrons. The van der Waals surface area contributed by atoms with Gasteiger partial charge in [0.05, 0.1) is 12.5 Å². The van der Waals surface area contributed by atoms with Gasteiger partial charge in [-0.2, -0.15) is 5.26 Å². The molecule has 0 aliphatic rings. The Labute approximate surface area is 71.9 Å². The van der Waals surface area contributed by atoms with Gasteiger partial charge in [-0.25, -0.2) is 0 Å². The third-order valence-corrected chi connectivity index (χ3v) is 1.41. The first-order valence-corrected chi connectivity index (χ1v) is 3.61. The molecule has 0 fully saturated rings. The molecule has 0 radical (unpaired) electrons. The topological polar surface area (TPSA) is 36.7 Å². The maximum Gasteiger partial charge on any atom is 0.0966 e. The molecular formula is C10H8N2. The van der Waals surface area contributed by atoms with Crippen molar-refractivity contribution in [2.75, 3.05) is 0 Å². The predicted molar refractivity (Wildman–Crippen MR) is 46.1 cm³/mol. The first-order chi connectivity index (χ1) is 5.84. The molecule has 0 unspecified atom stereocenters. The second-order valence-corrected chi connectivity index (χ2v) is 2.33. The second kappa shape index (κ2) is 4.16. The lowest BCUT2D eigenvalue weighted by Crippen LogP contribution is -1.82. The summed E-state index contributed by atoms with van der Waals surface area (Å²) in [5.41, 5.74) is 1.99. The van der Waals surface area contributed by atoms with Gasteiger partial charge in [0.25, 0.3) is 0 Å². The van der Waals surface area contributed by atoms with E-state index in [-0.39, 0.29) is 6.42 Å². The maximum atomic E-state index is 8.25. The Morgan fingerprint density at radius 2 is 2.42 bits per heavy atom. The van der Waals surface area contributed by atoms with Gasteiger partial charge in [-0.05, 0) is 18.6 Å². The summed E-state index contributed by atoms with van der Waals surface area (Å²) in [5, 5.41) is 8.25. The van der Waals surface area contributed by atoms with Gasteiger partial charge in [-0.1, -0.05) is 11.8 Å². The van der Waals surface area contributed by atoms with E-state index in [0.29, 0.717) is 0 Å². The molecule has 0 saturated carbocycles. The fourth-order valence-corrected chi connectivity index (χ4v) is 0.793. The number of nitriles is 1. The minimum absolute atomic E-state index is 0.280. The van der Waals surface area contributed by atoms with Crippen molar-refractivity contribution in [2.24, 2.45) is 0 Å². The number of aryl methyl sites for hydroxylation is 1. The molecule has 0 saturated heterocycles. The highest BCUT2D eigenvalue weighted by atomic mass is 14.6. The Bertz CT molecular complexity index is 363. The molecule has 0 aliphatic heterocycles. The van der Waals surface area contributed by atoms with Gasteiger partial charge in [0.15, 0.2) is 0 Å². The van der Waals surface area contributed by atoms with E-state index in [2.05, 4.69) is 16.8 Å². The quantitative estimate of drug-likeness (QED) is 0.535. The smallest absolute Gasteiger partial charge is 0.0966 e. The van der Waals surface area contributed by atoms with Gasteiger partial charge in [0, 0.05) is 18.0 Å². The summed E-state index contributed by atoms with van der Waals surface area (Å²) in [4.78, 5) is 3.94. The number of hydrogen-bond donors (Lipinski definition) is 0. The average Bonchev–Trinajstić information content (AvgIpc) is 2.09. The molecule has 0 amide bonds. The lowest BCUT2D eigenvalue weighted by molar-refractivity contribution is 1.25. The summed E-state index contributed by atoms with van der Waals surface area (Å²) < 4.78 is 0. The molecule has 1 heterocycles. The molecule has 12 heavy (non-hydrogen) atoms. The average molecular weight is 156 g/mol. The van der Waals surface area contributed by atoms with Gasteiger partial charge < -0.3 is 0 Å². The number of aromatic nitrogens is 1. The molecule has 0 aliphatic carbocycles. The van der Waals surface area contributed by atoms with Crippen molar-refractivity contribution in [1.29, 1.82) is 5.26 Å². The van der Waals surface area contributed by atoms with E-state index in [1.807, 2.05) is 19.1 Å². The van der Waals surface area contributed by atoms with Crippen LogP contribution in [0.15, 0.2) is 18.5 Å². The minimum atomic E-state index is 0.280. The fraction of sp³-hybridized carbons (Fsp3) is 0.200. The van der Waals surface area contributed by atoms with Crippen molar-refractivity contribution in [3.8, 4) is 17.9 Å². The Balaban J connectivity index is 2.86. The minimum Gasteiger partial charge on any atom is -0.264 e. The summed E-state index contributed by atoms with van der Waals surface area (Å²) in [6, 6.07) is 3.82. The first-order valence-electron chi connectivity index (χ1n) is 3.61. The molecular weight excluding hydrogens is 148 g/mol. The third kappa shape index (κ3) is 2.11. The van der Waals surface area contributed by atoms with Crippen molar-refractivity contribution < 1.29 is 0 Å². The highest BCUT2D eigenvalue weighted by Gasteiger charge is 1.90. The van der Waals surface area contributed by atoms with E-state index in [0.717, 1.165) is 11.1 Å². The Morgan fingerprint density at radius 3 is 3.08 bits per heavy atom. The lowest BCUT2D eigenvalue weighted by atomic mass is 10.2. The zero-order valence-electron chi connectivity index (χ0n) is 6.83. The summed E-state index contributed by atoms with van der Waals surface area (Å²) in [7, 11) is 0. The fourth-order valence-electron chi connectivity index (χ4n) is 0.793. The van der Waals surface area contributed by atoms with Crippen molar-refractivity contribution in [1.82, 2.24) is 4.98 Å². The molecule has 0 aromatic carbocycles. The van der Waals surface area contributed by atoms with Crippen LogP contribution >= 0.6 is 0 Å². The van der Waals surface area contributed by atoms with Crippen LogP contribution in [0.3, 0.4) is 0 Å². The molecule has 0 spiro atoms. The summed E-state index contributed by atoms with van der Waals surface area (Å²) in [6.07, 6.45) is 3.74. The lowest BCUT2D eigenvalue weighted by Gasteiger charge is -1.92. The number of hydrogen-bond acceptors (Lipinski definition) is 2. The summed E-state index contributed by atoms with van der Waals surface area (Å²) >= 11 is 0. The second-order valence-electron chi connectivity index (χ2n) is 2.33. The van der Waals surface area contributed by atoms with Crippen LogP contribution in [0.2, 0.25) is 0 Å². The van der Waals surface area contributed by atoms with Gasteiger partial charge in [0.1, 0.15) is 0 Å². The molecule has 1 rings (SSSR count). The van der Waals surface area contributed by atoms with E-state index in [9.17, 15) is 0 Å². The van der Waals surface area contributed by atoms with Gasteiger partial charge >= 0.3 is 0 Å². The van der Waals surface area contributed by atoms with Crippen molar-refractivity contribution in [2.45, 2.75) is 13.3 Å². The molecule has 2 heteroatoms. The molecule has 0 atom stereocenters. The van der Waals surface area contributed by atoms with Crippen LogP contribution in [0.4, 0.5) is 0 Å². The van der Waals surface area contributed by atoms with Crippen LogP contribution in [0.5, 0.6) is 0 Å². The van der Waals surface area contributed by atoms with Crippen molar-refractivity contribution in [3.05, 3.63) is 29.6 Å². The van der Waals surface area contributed by atoms with Crippen LogP contribution in [0.25, 0.3) is 0 Å². The molecule has 1 aromatic rings. The zero-order chi connectivity index (χ0) is 8.81. The Morgan fingerprint density at radius 1 is 1.58 bits per heavy atom. The Hall–Kier alpha value is -1.80. The molecule has 0 bridgehead atoms. The highest BCUT2D eigenvalue weighted by Crippen LogP contribution is 2.01. The summed E-state index contributed by atoms with van der Waals surface area (Å²) in [5.74, 6) is 5.65. The van der Waals surface area contributed by atoms with E-state index < -0.39 is 0 Å². The SMILES string of the molecule is Cc1cnccc1C#CCC#N. The third-order valence-electron chi connectivity index (χ3n) is 1.41. The van der Waals surface area contributed by atoms with Gasteiger partial charge in [-0.15, -0.1) is 0 Å².